The third kappa shape index (κ3) is 2.34. The highest BCUT2D eigenvalue weighted by Crippen LogP contribution is 2.26. The monoisotopic (exact) mass is 273 g/mol. The molecule has 0 radical (unpaired) electrons. The van der Waals surface area contributed by atoms with Gasteiger partial charge in [-0.15, -0.1) is 11.3 Å². The summed E-state index contributed by atoms with van der Waals surface area (Å²) in [5.41, 5.74) is 2.78. The fraction of sp³-hybridized carbons (Fsp3) is 0.200. The second-order valence-electron chi connectivity index (χ2n) is 4.42. The van der Waals surface area contributed by atoms with E-state index < -0.39 is 0 Å². The molecule has 3 rings (SSSR count). The quantitative estimate of drug-likeness (QED) is 0.719. The summed E-state index contributed by atoms with van der Waals surface area (Å²) in [6.07, 6.45) is 0. The highest BCUT2D eigenvalue weighted by atomic mass is 32.1. The Balaban J connectivity index is 1.73. The zero-order valence-electron chi connectivity index (χ0n) is 10.2. The van der Waals surface area contributed by atoms with E-state index in [9.17, 15) is 0 Å². The van der Waals surface area contributed by atoms with E-state index in [-0.39, 0.29) is 0 Å². The van der Waals surface area contributed by atoms with Crippen molar-refractivity contribution >= 4 is 32.8 Å². The Morgan fingerprint density at radius 1 is 1.17 bits per heavy atom. The maximum absolute atomic E-state index is 3.59. The molecule has 3 heteroatoms. The molecule has 0 aliphatic rings. The number of rotatable bonds is 4. The largest absolute Gasteiger partial charge is 0.306 e. The zero-order valence-corrected chi connectivity index (χ0v) is 11.9. The normalized spacial score (nSPS) is 12.9. The number of hydrogen-bond acceptors (Lipinski definition) is 3. The van der Waals surface area contributed by atoms with E-state index in [1.807, 2.05) is 11.3 Å². The Kier molecular flexibility index (Phi) is 3.46. The molecule has 0 amide bonds. The van der Waals surface area contributed by atoms with Gasteiger partial charge in [0.25, 0.3) is 0 Å². The van der Waals surface area contributed by atoms with Gasteiger partial charge in [-0.2, -0.15) is 11.3 Å². The number of nitrogens with one attached hydrogen (secondary N) is 1. The molecule has 18 heavy (non-hydrogen) atoms. The number of thiophene rings is 2. The van der Waals surface area contributed by atoms with Crippen LogP contribution in [0.5, 0.6) is 0 Å². The van der Waals surface area contributed by atoms with Crippen LogP contribution in [-0.4, -0.2) is 0 Å². The molecule has 1 aromatic carbocycles. The lowest BCUT2D eigenvalue weighted by Gasteiger charge is -2.11. The first kappa shape index (κ1) is 11.9. The average Bonchev–Trinajstić information content (AvgIpc) is 3.06. The van der Waals surface area contributed by atoms with Gasteiger partial charge in [0.2, 0.25) is 0 Å². The highest BCUT2D eigenvalue weighted by Gasteiger charge is 2.07. The van der Waals surface area contributed by atoms with Crippen molar-refractivity contribution in [2.45, 2.75) is 19.5 Å². The Hall–Kier alpha value is -1.16. The van der Waals surface area contributed by atoms with Gasteiger partial charge in [0.1, 0.15) is 0 Å². The molecule has 0 fully saturated rings. The third-order valence-electron chi connectivity index (χ3n) is 3.20. The van der Waals surface area contributed by atoms with Crippen LogP contribution in [0.2, 0.25) is 0 Å². The maximum atomic E-state index is 3.59. The van der Waals surface area contributed by atoms with E-state index in [2.05, 4.69) is 58.7 Å². The van der Waals surface area contributed by atoms with Gasteiger partial charge in [-0.25, -0.2) is 0 Å². The van der Waals surface area contributed by atoms with Gasteiger partial charge in [-0.1, -0.05) is 18.2 Å². The van der Waals surface area contributed by atoms with Crippen LogP contribution in [0, 0.1) is 0 Å². The second-order valence-corrected chi connectivity index (χ2v) is 6.11. The van der Waals surface area contributed by atoms with Crippen molar-refractivity contribution in [3.8, 4) is 0 Å². The van der Waals surface area contributed by atoms with Gasteiger partial charge < -0.3 is 5.32 Å². The summed E-state index contributed by atoms with van der Waals surface area (Å²) >= 11 is 3.58. The van der Waals surface area contributed by atoms with Crippen molar-refractivity contribution in [3.63, 3.8) is 0 Å². The molecule has 0 bridgehead atoms. The summed E-state index contributed by atoms with van der Waals surface area (Å²) in [6, 6.07) is 11.2. The average molecular weight is 273 g/mol. The van der Waals surface area contributed by atoms with Crippen molar-refractivity contribution in [2.75, 3.05) is 0 Å². The molecule has 1 unspecified atom stereocenters. The molecule has 1 nitrogen and oxygen atoms in total. The maximum Gasteiger partial charge on any atom is 0.0346 e. The van der Waals surface area contributed by atoms with Crippen molar-refractivity contribution in [2.24, 2.45) is 0 Å². The smallest absolute Gasteiger partial charge is 0.0346 e. The van der Waals surface area contributed by atoms with Crippen molar-refractivity contribution in [3.05, 3.63) is 57.6 Å². The van der Waals surface area contributed by atoms with Gasteiger partial charge in [0, 0.05) is 17.3 Å². The van der Waals surface area contributed by atoms with E-state index >= 15 is 0 Å². The first-order valence-electron chi connectivity index (χ1n) is 6.05. The van der Waals surface area contributed by atoms with Crippen molar-refractivity contribution in [1.29, 1.82) is 0 Å². The fourth-order valence-electron chi connectivity index (χ4n) is 2.07. The summed E-state index contributed by atoms with van der Waals surface area (Å²) in [5.74, 6) is 0. The van der Waals surface area contributed by atoms with Crippen LogP contribution in [0.25, 0.3) is 10.1 Å². The van der Waals surface area contributed by atoms with Crippen LogP contribution >= 0.6 is 22.7 Å². The molecule has 1 atom stereocenters. The highest BCUT2D eigenvalue weighted by molar-refractivity contribution is 7.17. The number of benzene rings is 1. The van der Waals surface area contributed by atoms with Gasteiger partial charge >= 0.3 is 0 Å². The second kappa shape index (κ2) is 5.22. The minimum absolute atomic E-state index is 0.412. The van der Waals surface area contributed by atoms with E-state index in [1.165, 1.54) is 21.2 Å². The van der Waals surface area contributed by atoms with Crippen LogP contribution in [-0.2, 0) is 6.54 Å². The molecular formula is C15H15NS2. The summed E-state index contributed by atoms with van der Waals surface area (Å²) in [4.78, 5) is 0. The van der Waals surface area contributed by atoms with E-state index in [4.69, 9.17) is 0 Å². The molecule has 2 aromatic heterocycles. The number of fused-ring (bicyclic) bond motifs is 1. The summed E-state index contributed by atoms with van der Waals surface area (Å²) < 4.78 is 1.37. The molecule has 0 aliphatic heterocycles. The first-order chi connectivity index (χ1) is 8.84. The lowest BCUT2D eigenvalue weighted by atomic mass is 10.1. The Morgan fingerprint density at radius 3 is 2.89 bits per heavy atom. The fourth-order valence-corrected chi connectivity index (χ4v) is 3.79. The van der Waals surface area contributed by atoms with Gasteiger partial charge in [0.15, 0.2) is 0 Å². The summed E-state index contributed by atoms with van der Waals surface area (Å²) in [5, 5.41) is 11.6. The van der Waals surface area contributed by atoms with Gasteiger partial charge in [-0.05, 0) is 51.7 Å². The summed E-state index contributed by atoms with van der Waals surface area (Å²) in [7, 11) is 0. The first-order valence-corrected chi connectivity index (χ1v) is 7.87. The van der Waals surface area contributed by atoms with E-state index in [0.29, 0.717) is 6.04 Å². The lowest BCUT2D eigenvalue weighted by molar-refractivity contribution is 0.578. The molecule has 0 spiro atoms. The Bertz CT molecular complexity index is 625. The Labute approximate surface area is 115 Å². The minimum atomic E-state index is 0.412. The lowest BCUT2D eigenvalue weighted by Crippen LogP contribution is -2.17. The number of hydrogen-bond donors (Lipinski definition) is 1. The molecule has 92 valence electrons. The van der Waals surface area contributed by atoms with Crippen LogP contribution in [0.15, 0.2) is 46.5 Å². The molecule has 3 aromatic rings. The van der Waals surface area contributed by atoms with Crippen LogP contribution in [0.4, 0.5) is 0 Å². The van der Waals surface area contributed by atoms with Crippen molar-refractivity contribution in [1.82, 2.24) is 5.32 Å². The van der Waals surface area contributed by atoms with Crippen LogP contribution in [0.1, 0.15) is 24.1 Å². The molecule has 2 heterocycles. The third-order valence-corrected chi connectivity index (χ3v) is 4.92. The molecule has 1 N–H and O–H groups in total. The van der Waals surface area contributed by atoms with Gasteiger partial charge in [-0.3, -0.25) is 0 Å². The molecular weight excluding hydrogens is 258 g/mol. The van der Waals surface area contributed by atoms with E-state index in [1.54, 1.807) is 11.3 Å². The van der Waals surface area contributed by atoms with E-state index in [0.717, 1.165) is 6.54 Å². The zero-order chi connectivity index (χ0) is 12.4. The van der Waals surface area contributed by atoms with Crippen LogP contribution in [0.3, 0.4) is 0 Å². The SMILES string of the molecule is CC(NCc1csc2ccccc12)c1ccsc1. The molecule has 0 saturated heterocycles. The topological polar surface area (TPSA) is 12.0 Å². The van der Waals surface area contributed by atoms with Crippen molar-refractivity contribution < 1.29 is 0 Å². The predicted octanol–water partition coefficient (Wildman–Crippen LogP) is 4.81. The standard InChI is InChI=1S/C15H15NS2/c1-11(12-6-7-17-9-12)16-8-13-10-18-15-5-3-2-4-14(13)15/h2-7,9-11,16H,8H2,1H3. The molecule has 0 saturated carbocycles. The molecule has 0 aliphatic carbocycles. The van der Waals surface area contributed by atoms with Gasteiger partial charge in [0.05, 0.1) is 0 Å². The Morgan fingerprint density at radius 2 is 2.06 bits per heavy atom. The predicted molar refractivity (Wildman–Crippen MR) is 81.4 cm³/mol. The van der Waals surface area contributed by atoms with Crippen LogP contribution < -0.4 is 5.32 Å². The minimum Gasteiger partial charge on any atom is -0.306 e. The summed E-state index contributed by atoms with van der Waals surface area (Å²) in [6.45, 7) is 3.15.